The summed E-state index contributed by atoms with van der Waals surface area (Å²) < 4.78 is 0. The summed E-state index contributed by atoms with van der Waals surface area (Å²) in [7, 11) is 0. The number of hydrogen-bond acceptors (Lipinski definition) is 4. The lowest BCUT2D eigenvalue weighted by Gasteiger charge is -2.19. The second kappa shape index (κ2) is 8.43. The Balaban J connectivity index is 1.87. The Bertz CT molecular complexity index is 1020. The highest BCUT2D eigenvalue weighted by atomic mass is 16.4. The minimum atomic E-state index is -0.984. The molecule has 0 aliphatic heterocycles. The molecule has 1 atom stereocenters. The third-order valence-electron chi connectivity index (χ3n) is 4.42. The molecule has 1 amide bonds. The summed E-state index contributed by atoms with van der Waals surface area (Å²) in [4.78, 5) is 32.7. The van der Waals surface area contributed by atoms with Crippen molar-refractivity contribution in [3.63, 3.8) is 0 Å². The largest absolute Gasteiger partial charge is 0.481 e. The van der Waals surface area contributed by atoms with Gasteiger partial charge in [0.2, 0.25) is 0 Å². The molecular weight excluding hydrogens is 354 g/mol. The standard InChI is InChI=1S/C22H21N3O3/c1-14-6-3-4-7-17(14)20(13-21(26)27)25-22(28)19-9-5-8-18(24-19)16-10-11-23-15(2)12-16/h3-12,20H,13H2,1-2H3,(H,25,28)(H,26,27)/t20-/m0/s1. The van der Waals surface area contributed by atoms with Gasteiger partial charge in [-0.2, -0.15) is 0 Å². The number of aryl methyl sites for hydroxylation is 2. The first kappa shape index (κ1) is 19.2. The Morgan fingerprint density at radius 1 is 1.07 bits per heavy atom. The number of amides is 1. The lowest BCUT2D eigenvalue weighted by molar-refractivity contribution is -0.137. The van der Waals surface area contributed by atoms with Gasteiger partial charge in [0.15, 0.2) is 0 Å². The molecule has 0 saturated heterocycles. The number of rotatable bonds is 6. The van der Waals surface area contributed by atoms with Crippen LogP contribution in [0.15, 0.2) is 60.8 Å². The van der Waals surface area contributed by atoms with Gasteiger partial charge in [-0.1, -0.05) is 30.3 Å². The van der Waals surface area contributed by atoms with Gasteiger partial charge in [0.25, 0.3) is 5.91 Å². The number of aromatic nitrogens is 2. The molecule has 0 aliphatic rings. The molecule has 3 aromatic rings. The zero-order valence-corrected chi connectivity index (χ0v) is 15.7. The van der Waals surface area contributed by atoms with E-state index < -0.39 is 17.9 Å². The average molecular weight is 375 g/mol. The molecule has 6 heteroatoms. The predicted octanol–water partition coefficient (Wildman–Crippen LogP) is 3.71. The predicted molar refractivity (Wildman–Crippen MR) is 106 cm³/mol. The Hall–Kier alpha value is -3.54. The van der Waals surface area contributed by atoms with Crippen LogP contribution in [-0.2, 0) is 4.79 Å². The number of carbonyl (C=O) groups excluding carboxylic acids is 1. The summed E-state index contributed by atoms with van der Waals surface area (Å²) in [6, 6.07) is 15.7. The molecule has 1 aromatic carbocycles. The molecule has 0 bridgehead atoms. The fourth-order valence-electron chi connectivity index (χ4n) is 3.05. The maximum Gasteiger partial charge on any atom is 0.305 e. The van der Waals surface area contributed by atoms with Crippen LogP contribution in [0.2, 0.25) is 0 Å². The van der Waals surface area contributed by atoms with Crippen LogP contribution in [0.25, 0.3) is 11.3 Å². The van der Waals surface area contributed by atoms with Gasteiger partial charge in [-0.3, -0.25) is 14.6 Å². The van der Waals surface area contributed by atoms with Crippen molar-refractivity contribution in [2.24, 2.45) is 0 Å². The van der Waals surface area contributed by atoms with Crippen molar-refractivity contribution >= 4 is 11.9 Å². The van der Waals surface area contributed by atoms with Gasteiger partial charge in [0.1, 0.15) is 5.69 Å². The van der Waals surface area contributed by atoms with Gasteiger partial charge >= 0.3 is 5.97 Å². The average Bonchev–Trinajstić information content (AvgIpc) is 2.67. The molecule has 2 N–H and O–H groups in total. The molecule has 2 heterocycles. The number of carboxylic acid groups (broad SMARTS) is 1. The number of benzene rings is 1. The van der Waals surface area contributed by atoms with Crippen molar-refractivity contribution in [3.8, 4) is 11.3 Å². The quantitative estimate of drug-likeness (QED) is 0.685. The highest BCUT2D eigenvalue weighted by Gasteiger charge is 2.21. The molecule has 0 radical (unpaired) electrons. The number of pyridine rings is 2. The van der Waals surface area contributed by atoms with Crippen molar-refractivity contribution in [1.82, 2.24) is 15.3 Å². The van der Waals surface area contributed by atoms with Gasteiger partial charge in [0, 0.05) is 17.5 Å². The van der Waals surface area contributed by atoms with Crippen molar-refractivity contribution in [3.05, 3.63) is 83.3 Å². The summed E-state index contributed by atoms with van der Waals surface area (Å²) in [5.41, 5.74) is 4.31. The Labute approximate surface area is 163 Å². The van der Waals surface area contributed by atoms with E-state index in [-0.39, 0.29) is 12.1 Å². The fraction of sp³-hybridized carbons (Fsp3) is 0.182. The van der Waals surface area contributed by atoms with E-state index >= 15 is 0 Å². The molecule has 0 spiro atoms. The smallest absolute Gasteiger partial charge is 0.305 e. The molecule has 0 aliphatic carbocycles. The monoisotopic (exact) mass is 375 g/mol. The third-order valence-corrected chi connectivity index (χ3v) is 4.42. The van der Waals surface area contributed by atoms with E-state index in [1.165, 1.54) is 0 Å². The highest BCUT2D eigenvalue weighted by Crippen LogP contribution is 2.22. The van der Waals surface area contributed by atoms with E-state index in [9.17, 15) is 14.7 Å². The maximum atomic E-state index is 12.8. The highest BCUT2D eigenvalue weighted by molar-refractivity contribution is 5.93. The van der Waals surface area contributed by atoms with Crippen LogP contribution in [0.4, 0.5) is 0 Å². The summed E-state index contributed by atoms with van der Waals surface area (Å²) in [6.45, 7) is 3.78. The van der Waals surface area contributed by atoms with Crippen molar-refractivity contribution in [1.29, 1.82) is 0 Å². The first-order chi connectivity index (χ1) is 13.4. The molecule has 3 rings (SSSR count). The van der Waals surface area contributed by atoms with Crippen molar-refractivity contribution in [2.75, 3.05) is 0 Å². The van der Waals surface area contributed by atoms with Crippen LogP contribution >= 0.6 is 0 Å². The van der Waals surface area contributed by atoms with Crippen molar-refractivity contribution < 1.29 is 14.7 Å². The Kier molecular flexibility index (Phi) is 5.79. The van der Waals surface area contributed by atoms with Crippen LogP contribution < -0.4 is 5.32 Å². The minimum absolute atomic E-state index is 0.208. The number of carbonyl (C=O) groups is 2. The van der Waals surface area contributed by atoms with Crippen LogP contribution in [-0.4, -0.2) is 27.0 Å². The fourth-order valence-corrected chi connectivity index (χ4v) is 3.05. The number of hydrogen-bond donors (Lipinski definition) is 2. The molecule has 0 unspecified atom stereocenters. The van der Waals surface area contributed by atoms with E-state index in [1.807, 2.05) is 56.3 Å². The van der Waals surface area contributed by atoms with E-state index in [1.54, 1.807) is 18.3 Å². The van der Waals surface area contributed by atoms with Crippen LogP contribution in [0, 0.1) is 13.8 Å². The topological polar surface area (TPSA) is 92.2 Å². The Morgan fingerprint density at radius 3 is 2.57 bits per heavy atom. The van der Waals surface area contributed by atoms with Gasteiger partial charge in [-0.15, -0.1) is 0 Å². The minimum Gasteiger partial charge on any atom is -0.481 e. The molecule has 142 valence electrons. The van der Waals surface area contributed by atoms with Gasteiger partial charge in [0.05, 0.1) is 18.2 Å². The lowest BCUT2D eigenvalue weighted by Crippen LogP contribution is -2.31. The number of nitrogens with zero attached hydrogens (tertiary/aromatic N) is 2. The van der Waals surface area contributed by atoms with E-state index in [4.69, 9.17) is 0 Å². The number of nitrogens with one attached hydrogen (secondary N) is 1. The van der Waals surface area contributed by atoms with Crippen LogP contribution in [0.3, 0.4) is 0 Å². The second-order valence-corrected chi connectivity index (χ2v) is 6.57. The molecule has 6 nitrogen and oxygen atoms in total. The molecule has 28 heavy (non-hydrogen) atoms. The number of aliphatic carboxylic acids is 1. The molecule has 2 aromatic heterocycles. The second-order valence-electron chi connectivity index (χ2n) is 6.57. The zero-order valence-electron chi connectivity index (χ0n) is 15.7. The SMILES string of the molecule is Cc1cc(-c2cccc(C(=O)N[C@@H](CC(=O)O)c3ccccc3C)n2)ccn1. The van der Waals surface area contributed by atoms with Crippen LogP contribution in [0.5, 0.6) is 0 Å². The Morgan fingerprint density at radius 2 is 1.86 bits per heavy atom. The molecule has 0 fully saturated rings. The van der Waals surface area contributed by atoms with Crippen molar-refractivity contribution in [2.45, 2.75) is 26.3 Å². The summed E-state index contributed by atoms with van der Waals surface area (Å²) in [5.74, 6) is -1.40. The van der Waals surface area contributed by atoms with Gasteiger partial charge in [-0.25, -0.2) is 4.98 Å². The zero-order chi connectivity index (χ0) is 20.1. The summed E-state index contributed by atoms with van der Waals surface area (Å²) in [5, 5.41) is 12.1. The first-order valence-corrected chi connectivity index (χ1v) is 8.92. The number of carboxylic acids is 1. The van der Waals surface area contributed by atoms with Crippen LogP contribution in [0.1, 0.15) is 39.8 Å². The van der Waals surface area contributed by atoms with Gasteiger partial charge < -0.3 is 10.4 Å². The van der Waals surface area contributed by atoms with E-state index in [0.717, 1.165) is 22.4 Å². The maximum absolute atomic E-state index is 12.8. The summed E-state index contributed by atoms with van der Waals surface area (Å²) >= 11 is 0. The lowest BCUT2D eigenvalue weighted by atomic mass is 9.98. The molecule has 0 saturated carbocycles. The summed E-state index contributed by atoms with van der Waals surface area (Å²) in [6.07, 6.45) is 1.49. The van der Waals surface area contributed by atoms with E-state index in [2.05, 4.69) is 15.3 Å². The first-order valence-electron chi connectivity index (χ1n) is 8.92. The van der Waals surface area contributed by atoms with E-state index in [0.29, 0.717) is 5.69 Å². The molecular formula is C22H21N3O3. The normalized spacial score (nSPS) is 11.6. The van der Waals surface area contributed by atoms with Gasteiger partial charge in [-0.05, 0) is 49.2 Å². The third kappa shape index (κ3) is 4.59.